The summed E-state index contributed by atoms with van der Waals surface area (Å²) in [6.07, 6.45) is 2.11. The molecule has 2 heterocycles. The van der Waals surface area contributed by atoms with Crippen molar-refractivity contribution in [1.82, 2.24) is 9.88 Å². The van der Waals surface area contributed by atoms with Gasteiger partial charge in [-0.25, -0.2) is 4.98 Å². The number of carbonyl (C=O) groups is 1. The zero-order valence-electron chi connectivity index (χ0n) is 8.98. The summed E-state index contributed by atoms with van der Waals surface area (Å²) >= 11 is 5.72. The molecule has 5 heteroatoms. The second kappa shape index (κ2) is 4.03. The highest BCUT2D eigenvalue weighted by atomic mass is 35.5. The second-order valence-corrected chi connectivity index (χ2v) is 4.73. The van der Waals surface area contributed by atoms with E-state index in [1.807, 2.05) is 0 Å². The molecule has 1 N–H and O–H groups in total. The second-order valence-electron chi connectivity index (χ2n) is 4.34. The molecule has 1 unspecified atom stereocenters. The molecule has 1 aromatic heterocycles. The molecule has 0 saturated carbocycles. The Kier molecular flexibility index (Phi) is 2.86. The summed E-state index contributed by atoms with van der Waals surface area (Å²) in [6.45, 7) is 2.68. The van der Waals surface area contributed by atoms with Crippen LogP contribution in [0.1, 0.15) is 23.7 Å². The Bertz CT molecular complexity index is 420. The Morgan fingerprint density at radius 1 is 1.69 bits per heavy atom. The number of aliphatic hydroxyl groups is 1. The number of hydrogen-bond donors (Lipinski definition) is 1. The zero-order chi connectivity index (χ0) is 11.8. The van der Waals surface area contributed by atoms with Crippen LogP contribution in [0.5, 0.6) is 0 Å². The third-order valence-corrected chi connectivity index (χ3v) is 2.92. The van der Waals surface area contributed by atoms with Crippen molar-refractivity contribution < 1.29 is 9.90 Å². The molecule has 0 aliphatic carbocycles. The molecule has 2 rings (SSSR count). The fourth-order valence-corrected chi connectivity index (χ4v) is 2.01. The standard InChI is InChI=1S/C11H13ClN2O2/c1-11(16)3-5-14(7-11)10(15)8-2-4-13-9(12)6-8/h2,4,6,16H,3,5,7H2,1H3. The number of amides is 1. The Morgan fingerprint density at radius 2 is 2.44 bits per heavy atom. The van der Waals surface area contributed by atoms with Gasteiger partial charge in [0.2, 0.25) is 0 Å². The molecule has 1 amide bonds. The van der Waals surface area contributed by atoms with E-state index in [2.05, 4.69) is 4.98 Å². The van der Waals surface area contributed by atoms with E-state index in [1.165, 1.54) is 12.3 Å². The smallest absolute Gasteiger partial charge is 0.254 e. The Hall–Kier alpha value is -1.13. The zero-order valence-corrected chi connectivity index (χ0v) is 9.74. The van der Waals surface area contributed by atoms with Crippen molar-refractivity contribution in [3.63, 3.8) is 0 Å². The van der Waals surface area contributed by atoms with Gasteiger partial charge in [0.05, 0.1) is 5.60 Å². The molecule has 1 fully saturated rings. The molecular weight excluding hydrogens is 228 g/mol. The lowest BCUT2D eigenvalue weighted by molar-refractivity contribution is 0.0572. The van der Waals surface area contributed by atoms with Crippen molar-refractivity contribution in [3.05, 3.63) is 29.0 Å². The number of rotatable bonds is 1. The summed E-state index contributed by atoms with van der Waals surface area (Å²) in [6, 6.07) is 3.16. The van der Waals surface area contributed by atoms with Gasteiger partial charge in [-0.3, -0.25) is 4.79 Å². The quantitative estimate of drug-likeness (QED) is 0.754. The number of likely N-dealkylation sites (tertiary alicyclic amines) is 1. The number of nitrogens with zero attached hydrogens (tertiary/aromatic N) is 2. The van der Waals surface area contributed by atoms with Crippen LogP contribution >= 0.6 is 11.6 Å². The van der Waals surface area contributed by atoms with E-state index < -0.39 is 5.60 Å². The summed E-state index contributed by atoms with van der Waals surface area (Å²) in [5.41, 5.74) is -0.260. The van der Waals surface area contributed by atoms with Gasteiger partial charge in [0.15, 0.2) is 0 Å². The Balaban J connectivity index is 2.15. The lowest BCUT2D eigenvalue weighted by atomic mass is 10.1. The van der Waals surface area contributed by atoms with Crippen LogP contribution in [0.4, 0.5) is 0 Å². The Morgan fingerprint density at radius 3 is 3.00 bits per heavy atom. The van der Waals surface area contributed by atoms with Gasteiger partial charge in [0.25, 0.3) is 5.91 Å². The van der Waals surface area contributed by atoms with Crippen molar-refractivity contribution in [2.24, 2.45) is 0 Å². The first-order valence-corrected chi connectivity index (χ1v) is 5.49. The first kappa shape index (κ1) is 11.4. The molecule has 16 heavy (non-hydrogen) atoms. The summed E-state index contributed by atoms with van der Waals surface area (Å²) in [4.78, 5) is 17.5. The van der Waals surface area contributed by atoms with E-state index in [0.717, 1.165) is 0 Å². The average Bonchev–Trinajstić information content (AvgIpc) is 2.58. The number of aromatic nitrogens is 1. The van der Waals surface area contributed by atoms with Crippen molar-refractivity contribution in [2.75, 3.05) is 13.1 Å². The van der Waals surface area contributed by atoms with Crippen LogP contribution in [0.25, 0.3) is 0 Å². The van der Waals surface area contributed by atoms with Crippen LogP contribution < -0.4 is 0 Å². The van der Waals surface area contributed by atoms with Crippen molar-refractivity contribution in [1.29, 1.82) is 0 Å². The summed E-state index contributed by atoms with van der Waals surface area (Å²) in [5, 5.41) is 10.1. The number of β-amino-alcohol motifs (C(OH)–C–C–N with tert-alkyl or cyclic N) is 1. The maximum atomic E-state index is 12.0. The maximum absolute atomic E-state index is 12.0. The molecule has 1 atom stereocenters. The molecule has 1 saturated heterocycles. The van der Waals surface area contributed by atoms with E-state index in [-0.39, 0.29) is 5.91 Å². The summed E-state index contributed by atoms with van der Waals surface area (Å²) < 4.78 is 0. The highest BCUT2D eigenvalue weighted by molar-refractivity contribution is 6.29. The van der Waals surface area contributed by atoms with E-state index in [4.69, 9.17) is 11.6 Å². The first-order valence-electron chi connectivity index (χ1n) is 5.11. The van der Waals surface area contributed by atoms with Crippen molar-refractivity contribution in [2.45, 2.75) is 18.9 Å². The van der Waals surface area contributed by atoms with Gasteiger partial charge in [-0.2, -0.15) is 0 Å². The van der Waals surface area contributed by atoms with Crippen LogP contribution in [0.15, 0.2) is 18.3 Å². The minimum atomic E-state index is -0.771. The third kappa shape index (κ3) is 2.33. The monoisotopic (exact) mass is 240 g/mol. The van der Waals surface area contributed by atoms with Crippen LogP contribution in [-0.2, 0) is 0 Å². The molecule has 0 aromatic carbocycles. The maximum Gasteiger partial charge on any atom is 0.254 e. The highest BCUT2D eigenvalue weighted by Gasteiger charge is 2.34. The van der Waals surface area contributed by atoms with Gasteiger partial charge in [0, 0.05) is 24.8 Å². The summed E-state index contributed by atoms with van der Waals surface area (Å²) in [5.74, 6) is -0.109. The largest absolute Gasteiger partial charge is 0.388 e. The van der Waals surface area contributed by atoms with Crippen LogP contribution in [0.2, 0.25) is 5.15 Å². The third-order valence-electron chi connectivity index (χ3n) is 2.71. The minimum Gasteiger partial charge on any atom is -0.388 e. The normalized spacial score (nSPS) is 24.8. The van der Waals surface area contributed by atoms with Gasteiger partial charge < -0.3 is 10.0 Å². The van der Waals surface area contributed by atoms with Gasteiger partial charge in [-0.1, -0.05) is 11.6 Å². The molecule has 1 aliphatic heterocycles. The highest BCUT2D eigenvalue weighted by Crippen LogP contribution is 2.22. The van der Waals surface area contributed by atoms with Crippen LogP contribution in [0.3, 0.4) is 0 Å². The number of carbonyl (C=O) groups excluding carboxylic acids is 1. The fraction of sp³-hybridized carbons (Fsp3) is 0.455. The lowest BCUT2D eigenvalue weighted by Gasteiger charge is -2.18. The molecule has 1 aliphatic rings. The predicted molar refractivity (Wildman–Crippen MR) is 60.4 cm³/mol. The van der Waals surface area contributed by atoms with E-state index in [1.54, 1.807) is 17.9 Å². The van der Waals surface area contributed by atoms with Gasteiger partial charge in [-0.15, -0.1) is 0 Å². The first-order chi connectivity index (χ1) is 7.48. The van der Waals surface area contributed by atoms with E-state index in [0.29, 0.717) is 30.2 Å². The fourth-order valence-electron chi connectivity index (χ4n) is 1.84. The SMILES string of the molecule is CC1(O)CCN(C(=O)c2ccnc(Cl)c2)C1. The van der Waals surface area contributed by atoms with Crippen LogP contribution in [-0.4, -0.2) is 39.6 Å². The average molecular weight is 241 g/mol. The summed E-state index contributed by atoms with van der Waals surface area (Å²) in [7, 11) is 0. The molecule has 0 spiro atoms. The van der Waals surface area contributed by atoms with E-state index in [9.17, 15) is 9.90 Å². The number of hydrogen-bond acceptors (Lipinski definition) is 3. The molecule has 86 valence electrons. The number of pyridine rings is 1. The Labute approximate surface area is 98.9 Å². The lowest BCUT2D eigenvalue weighted by Crippen LogP contribution is -2.33. The number of halogens is 1. The molecule has 0 radical (unpaired) electrons. The topological polar surface area (TPSA) is 53.4 Å². The van der Waals surface area contributed by atoms with Gasteiger partial charge in [-0.05, 0) is 25.5 Å². The van der Waals surface area contributed by atoms with Crippen molar-refractivity contribution >= 4 is 17.5 Å². The van der Waals surface area contributed by atoms with E-state index >= 15 is 0 Å². The predicted octanol–water partition coefficient (Wildman–Crippen LogP) is 1.33. The molecule has 0 bridgehead atoms. The molecular formula is C11H13ClN2O2. The molecule has 4 nitrogen and oxygen atoms in total. The van der Waals surface area contributed by atoms with Crippen molar-refractivity contribution in [3.8, 4) is 0 Å². The van der Waals surface area contributed by atoms with Gasteiger partial charge in [0.1, 0.15) is 5.15 Å². The minimum absolute atomic E-state index is 0.109. The molecule has 1 aromatic rings. The van der Waals surface area contributed by atoms with Gasteiger partial charge >= 0.3 is 0 Å². The van der Waals surface area contributed by atoms with Crippen LogP contribution in [0, 0.1) is 0 Å².